The number of alkyl halides is 3. The zero-order chi connectivity index (χ0) is 12.6. The minimum absolute atomic E-state index is 0.0207. The zero-order valence-corrected chi connectivity index (χ0v) is 8.63. The molecule has 0 rings (SSSR count). The Labute approximate surface area is 91.2 Å². The molecule has 2 N–H and O–H groups in total. The van der Waals surface area contributed by atoms with Crippen LogP contribution in [0.4, 0.5) is 13.2 Å². The lowest BCUT2D eigenvalue weighted by molar-refractivity contribution is -0.196. The molecular weight excluding hydrogens is 227 g/mol. The van der Waals surface area contributed by atoms with Gasteiger partial charge in [0.25, 0.3) is 0 Å². The Morgan fingerprint density at radius 2 is 2.06 bits per heavy atom. The van der Waals surface area contributed by atoms with Crippen LogP contribution in [0.2, 0.25) is 0 Å². The molecule has 1 atom stereocenters. The molecule has 0 fully saturated rings. The molecule has 4 nitrogen and oxygen atoms in total. The van der Waals surface area contributed by atoms with Gasteiger partial charge in [0.15, 0.2) is 5.92 Å². The zero-order valence-electron chi connectivity index (χ0n) is 8.63. The second-order valence-corrected chi connectivity index (χ2v) is 2.86. The summed E-state index contributed by atoms with van der Waals surface area (Å²) >= 11 is 0. The standard InChI is InChI=1S/C9H14F3NO3/c1-2-3-15-4-5-16-8(14)7(6-13)9(10,11)12/h2,7H,1,3-6,13H2. The van der Waals surface area contributed by atoms with E-state index in [9.17, 15) is 18.0 Å². The van der Waals surface area contributed by atoms with Crippen LogP contribution in [0, 0.1) is 5.92 Å². The van der Waals surface area contributed by atoms with Crippen LogP contribution >= 0.6 is 0 Å². The summed E-state index contributed by atoms with van der Waals surface area (Å²) in [6.07, 6.45) is -3.20. The predicted octanol–water partition coefficient (Wildman–Crippen LogP) is 0.869. The number of carbonyl (C=O) groups excluding carboxylic acids is 1. The first-order chi connectivity index (χ1) is 7.43. The Hall–Kier alpha value is -1.08. The molecule has 0 aromatic rings. The number of esters is 1. The molecule has 0 aromatic heterocycles. The fourth-order valence-corrected chi connectivity index (χ4v) is 0.832. The van der Waals surface area contributed by atoms with Gasteiger partial charge in [-0.1, -0.05) is 6.08 Å². The lowest BCUT2D eigenvalue weighted by Gasteiger charge is -2.16. The highest BCUT2D eigenvalue weighted by Gasteiger charge is 2.44. The van der Waals surface area contributed by atoms with Gasteiger partial charge < -0.3 is 15.2 Å². The van der Waals surface area contributed by atoms with Crippen molar-refractivity contribution in [2.45, 2.75) is 6.18 Å². The molecule has 16 heavy (non-hydrogen) atoms. The van der Waals surface area contributed by atoms with E-state index in [2.05, 4.69) is 11.3 Å². The van der Waals surface area contributed by atoms with Crippen molar-refractivity contribution in [3.63, 3.8) is 0 Å². The largest absolute Gasteiger partial charge is 0.463 e. The third kappa shape index (κ3) is 5.72. The topological polar surface area (TPSA) is 61.5 Å². The van der Waals surface area contributed by atoms with Crippen LogP contribution in [-0.2, 0) is 14.3 Å². The Balaban J connectivity index is 3.90. The van der Waals surface area contributed by atoms with Gasteiger partial charge in [-0.05, 0) is 0 Å². The smallest absolute Gasteiger partial charge is 0.403 e. The van der Waals surface area contributed by atoms with Crippen molar-refractivity contribution in [3.05, 3.63) is 12.7 Å². The Morgan fingerprint density at radius 3 is 2.50 bits per heavy atom. The molecule has 94 valence electrons. The Morgan fingerprint density at radius 1 is 1.44 bits per heavy atom. The molecule has 0 saturated heterocycles. The van der Waals surface area contributed by atoms with Gasteiger partial charge in [0.2, 0.25) is 0 Å². The van der Waals surface area contributed by atoms with E-state index in [0.717, 1.165) is 0 Å². The Kier molecular flexibility index (Phi) is 6.75. The maximum absolute atomic E-state index is 12.2. The third-order valence-electron chi connectivity index (χ3n) is 1.62. The molecule has 7 heteroatoms. The van der Waals surface area contributed by atoms with Crippen molar-refractivity contribution in [1.29, 1.82) is 0 Å². The highest BCUT2D eigenvalue weighted by atomic mass is 19.4. The van der Waals surface area contributed by atoms with Crippen LogP contribution < -0.4 is 5.73 Å². The van der Waals surface area contributed by atoms with Crippen LogP contribution in [-0.4, -0.2) is 38.5 Å². The number of hydrogen-bond acceptors (Lipinski definition) is 4. The maximum Gasteiger partial charge on any atom is 0.403 e. The molecule has 0 aromatic carbocycles. The second-order valence-electron chi connectivity index (χ2n) is 2.86. The van der Waals surface area contributed by atoms with Crippen molar-refractivity contribution in [1.82, 2.24) is 0 Å². The number of rotatable bonds is 7. The highest BCUT2D eigenvalue weighted by molar-refractivity contribution is 5.73. The summed E-state index contributed by atoms with van der Waals surface area (Å²) in [5, 5.41) is 0. The molecular formula is C9H14F3NO3. The van der Waals surface area contributed by atoms with E-state index in [1.165, 1.54) is 6.08 Å². The highest BCUT2D eigenvalue weighted by Crippen LogP contribution is 2.26. The molecule has 0 bridgehead atoms. The van der Waals surface area contributed by atoms with Crippen LogP contribution in [0.25, 0.3) is 0 Å². The van der Waals surface area contributed by atoms with E-state index in [1.807, 2.05) is 0 Å². The maximum atomic E-state index is 12.2. The first-order valence-electron chi connectivity index (χ1n) is 4.55. The van der Waals surface area contributed by atoms with E-state index < -0.39 is 24.6 Å². The summed E-state index contributed by atoms with van der Waals surface area (Å²) in [6, 6.07) is 0. The summed E-state index contributed by atoms with van der Waals surface area (Å²) in [5.41, 5.74) is 4.85. The van der Waals surface area contributed by atoms with Crippen molar-refractivity contribution in [3.8, 4) is 0 Å². The van der Waals surface area contributed by atoms with Crippen LogP contribution in [0.15, 0.2) is 12.7 Å². The number of nitrogens with two attached hydrogens (primary N) is 1. The van der Waals surface area contributed by atoms with Gasteiger partial charge >= 0.3 is 12.1 Å². The molecule has 0 saturated carbocycles. The fraction of sp³-hybridized carbons (Fsp3) is 0.667. The summed E-state index contributed by atoms with van der Waals surface area (Å²) in [6.45, 7) is 2.58. The van der Waals surface area contributed by atoms with Gasteiger partial charge in [-0.2, -0.15) is 13.2 Å². The number of halogens is 3. The van der Waals surface area contributed by atoms with E-state index >= 15 is 0 Å². The SMILES string of the molecule is C=CCOCCOC(=O)C(CN)C(F)(F)F. The summed E-state index contributed by atoms with van der Waals surface area (Å²) in [7, 11) is 0. The third-order valence-corrected chi connectivity index (χ3v) is 1.62. The van der Waals surface area contributed by atoms with Crippen molar-refractivity contribution in [2.75, 3.05) is 26.4 Å². The minimum Gasteiger partial charge on any atom is -0.463 e. The van der Waals surface area contributed by atoms with E-state index in [4.69, 9.17) is 10.5 Å². The van der Waals surface area contributed by atoms with E-state index in [1.54, 1.807) is 0 Å². The Bertz CT molecular complexity index is 231. The fourth-order valence-electron chi connectivity index (χ4n) is 0.832. The van der Waals surface area contributed by atoms with Crippen LogP contribution in [0.5, 0.6) is 0 Å². The molecule has 0 amide bonds. The average molecular weight is 241 g/mol. The first-order valence-corrected chi connectivity index (χ1v) is 4.55. The molecule has 0 radical (unpaired) electrons. The van der Waals surface area contributed by atoms with Gasteiger partial charge in [0, 0.05) is 6.54 Å². The number of carbonyl (C=O) groups is 1. The number of hydrogen-bond donors (Lipinski definition) is 1. The van der Waals surface area contributed by atoms with Gasteiger partial charge in [0.1, 0.15) is 6.61 Å². The van der Waals surface area contributed by atoms with Gasteiger partial charge in [-0.3, -0.25) is 4.79 Å². The van der Waals surface area contributed by atoms with Gasteiger partial charge in [-0.15, -0.1) is 6.58 Å². The van der Waals surface area contributed by atoms with Crippen molar-refractivity contribution >= 4 is 5.97 Å². The van der Waals surface area contributed by atoms with Crippen LogP contribution in [0.3, 0.4) is 0 Å². The first kappa shape index (κ1) is 14.9. The van der Waals surface area contributed by atoms with E-state index in [-0.39, 0.29) is 19.8 Å². The second kappa shape index (κ2) is 7.24. The molecule has 0 aliphatic carbocycles. The van der Waals surface area contributed by atoms with Crippen LogP contribution in [0.1, 0.15) is 0 Å². The predicted molar refractivity (Wildman–Crippen MR) is 50.6 cm³/mol. The lowest BCUT2D eigenvalue weighted by atomic mass is 10.1. The minimum atomic E-state index is -4.67. The summed E-state index contributed by atoms with van der Waals surface area (Å²) in [4.78, 5) is 11.0. The summed E-state index contributed by atoms with van der Waals surface area (Å²) < 4.78 is 45.7. The molecule has 0 heterocycles. The summed E-state index contributed by atoms with van der Waals surface area (Å²) in [5.74, 6) is -3.65. The molecule has 1 unspecified atom stereocenters. The van der Waals surface area contributed by atoms with Crippen molar-refractivity contribution in [2.24, 2.45) is 11.7 Å². The monoisotopic (exact) mass is 241 g/mol. The molecule has 0 aliphatic rings. The molecule has 0 spiro atoms. The molecule has 0 aliphatic heterocycles. The van der Waals surface area contributed by atoms with Crippen molar-refractivity contribution < 1.29 is 27.4 Å². The van der Waals surface area contributed by atoms with E-state index in [0.29, 0.717) is 0 Å². The normalized spacial score (nSPS) is 13.2. The average Bonchev–Trinajstić information content (AvgIpc) is 2.16. The van der Waals surface area contributed by atoms with Gasteiger partial charge in [-0.25, -0.2) is 0 Å². The number of ether oxygens (including phenoxy) is 2. The quantitative estimate of drug-likeness (QED) is 0.408. The lowest BCUT2D eigenvalue weighted by Crippen LogP contribution is -2.38. The van der Waals surface area contributed by atoms with Gasteiger partial charge in [0.05, 0.1) is 13.2 Å².